The summed E-state index contributed by atoms with van der Waals surface area (Å²) in [5.41, 5.74) is 7.52. The maximum atomic E-state index is 13.2. The van der Waals surface area contributed by atoms with Crippen molar-refractivity contribution in [1.29, 1.82) is 0 Å². The van der Waals surface area contributed by atoms with E-state index < -0.39 is 0 Å². The third-order valence-corrected chi connectivity index (χ3v) is 5.21. The molecule has 4 unspecified atom stereocenters. The minimum atomic E-state index is -0.306. The van der Waals surface area contributed by atoms with E-state index in [4.69, 9.17) is 5.73 Å². The molecule has 6 heteroatoms. The zero-order valence-corrected chi connectivity index (χ0v) is 12.2. The number of carbonyl (C=O) groups excluding carboxylic acids is 1. The number of hydrogen-bond donors (Lipinski definition) is 3. The van der Waals surface area contributed by atoms with Gasteiger partial charge in [-0.1, -0.05) is 0 Å². The Labute approximate surface area is 127 Å². The maximum Gasteiger partial charge on any atom is 0.225 e. The second-order valence-electron chi connectivity index (χ2n) is 6.50. The first-order valence-electron chi connectivity index (χ1n) is 7.79. The highest BCUT2D eigenvalue weighted by Gasteiger charge is 2.48. The molecule has 1 amide bonds. The molecule has 2 aliphatic rings. The van der Waals surface area contributed by atoms with Crippen LogP contribution in [0.25, 0.3) is 11.0 Å². The Bertz CT molecular complexity index is 726. The van der Waals surface area contributed by atoms with Gasteiger partial charge in [-0.15, -0.1) is 0 Å². The molecule has 4 atom stereocenters. The van der Waals surface area contributed by atoms with Crippen LogP contribution in [-0.2, 0) is 11.3 Å². The number of fused-ring (bicyclic) bond motifs is 3. The number of imidazole rings is 1. The molecule has 116 valence electrons. The van der Waals surface area contributed by atoms with Crippen LogP contribution in [0.5, 0.6) is 0 Å². The number of rotatable bonds is 3. The molecule has 0 radical (unpaired) electrons. The molecule has 5 nitrogen and oxygen atoms in total. The molecule has 2 bridgehead atoms. The van der Waals surface area contributed by atoms with Crippen molar-refractivity contribution in [3.63, 3.8) is 0 Å². The lowest BCUT2D eigenvalue weighted by Gasteiger charge is -2.26. The number of aromatic nitrogens is 2. The summed E-state index contributed by atoms with van der Waals surface area (Å²) in [6.45, 7) is 0.315. The Morgan fingerprint density at radius 2 is 2.23 bits per heavy atom. The summed E-state index contributed by atoms with van der Waals surface area (Å²) in [6, 6.07) is 4.39. The van der Waals surface area contributed by atoms with E-state index in [1.54, 1.807) is 6.07 Å². The van der Waals surface area contributed by atoms with Crippen LogP contribution in [0.3, 0.4) is 0 Å². The van der Waals surface area contributed by atoms with E-state index >= 15 is 0 Å². The number of nitrogens with one attached hydrogen (secondary N) is 2. The fourth-order valence-electron chi connectivity index (χ4n) is 4.13. The highest BCUT2D eigenvalue weighted by molar-refractivity contribution is 5.80. The predicted octanol–water partition coefficient (Wildman–Crippen LogP) is 1.69. The predicted molar refractivity (Wildman–Crippen MR) is 80.2 cm³/mol. The normalized spacial score (nSPS) is 30.1. The van der Waals surface area contributed by atoms with Crippen molar-refractivity contribution in [3.8, 4) is 0 Å². The molecule has 4 N–H and O–H groups in total. The fraction of sp³-hybridized carbons (Fsp3) is 0.500. The summed E-state index contributed by atoms with van der Waals surface area (Å²) in [5.74, 6) is 1.22. The van der Waals surface area contributed by atoms with Crippen LogP contribution in [0.2, 0.25) is 0 Å². The summed E-state index contributed by atoms with van der Waals surface area (Å²) in [6.07, 6.45) is 3.36. The SMILES string of the molecule is NC1C2CCC(C2)C1C(=O)NCc1nc2ccc(F)cc2[nH]1. The number of benzene rings is 1. The number of H-pyrrole nitrogens is 1. The molecule has 2 aromatic rings. The van der Waals surface area contributed by atoms with Gasteiger partial charge in [0.2, 0.25) is 5.91 Å². The number of hydrogen-bond acceptors (Lipinski definition) is 3. The largest absolute Gasteiger partial charge is 0.349 e. The minimum Gasteiger partial charge on any atom is -0.349 e. The third kappa shape index (κ3) is 2.18. The molecule has 0 spiro atoms. The average molecular weight is 302 g/mol. The van der Waals surface area contributed by atoms with Crippen molar-refractivity contribution in [1.82, 2.24) is 15.3 Å². The summed E-state index contributed by atoms with van der Waals surface area (Å²) < 4.78 is 13.2. The minimum absolute atomic E-state index is 0.0106. The van der Waals surface area contributed by atoms with Gasteiger partial charge in [-0.3, -0.25) is 4.79 Å². The van der Waals surface area contributed by atoms with E-state index in [0.29, 0.717) is 35.2 Å². The molecule has 1 aromatic heterocycles. The number of amides is 1. The first-order valence-corrected chi connectivity index (χ1v) is 7.79. The Morgan fingerprint density at radius 3 is 3.00 bits per heavy atom. The zero-order valence-electron chi connectivity index (χ0n) is 12.2. The van der Waals surface area contributed by atoms with Crippen LogP contribution < -0.4 is 11.1 Å². The van der Waals surface area contributed by atoms with Crippen molar-refractivity contribution in [2.75, 3.05) is 0 Å². The van der Waals surface area contributed by atoms with E-state index in [1.807, 2.05) is 0 Å². The highest BCUT2D eigenvalue weighted by Crippen LogP contribution is 2.47. The smallest absolute Gasteiger partial charge is 0.225 e. The Hall–Kier alpha value is -1.95. The Balaban J connectivity index is 1.44. The molecule has 2 aliphatic carbocycles. The molecular formula is C16H19FN4O. The quantitative estimate of drug-likeness (QED) is 0.806. The first kappa shape index (κ1) is 13.7. The molecule has 22 heavy (non-hydrogen) atoms. The molecule has 2 fully saturated rings. The summed E-state index contributed by atoms with van der Waals surface area (Å²) in [4.78, 5) is 19.8. The van der Waals surface area contributed by atoms with Gasteiger partial charge in [-0.05, 0) is 49.3 Å². The van der Waals surface area contributed by atoms with Crippen molar-refractivity contribution < 1.29 is 9.18 Å². The van der Waals surface area contributed by atoms with E-state index in [1.165, 1.54) is 12.1 Å². The maximum absolute atomic E-state index is 13.2. The van der Waals surface area contributed by atoms with E-state index in [-0.39, 0.29) is 23.7 Å². The molecule has 4 rings (SSSR count). The van der Waals surface area contributed by atoms with Crippen LogP contribution in [0.15, 0.2) is 18.2 Å². The average Bonchev–Trinajstić information content (AvgIpc) is 3.17. The van der Waals surface area contributed by atoms with Gasteiger partial charge in [0.15, 0.2) is 0 Å². The monoisotopic (exact) mass is 302 g/mol. The van der Waals surface area contributed by atoms with Gasteiger partial charge >= 0.3 is 0 Å². The number of aromatic amines is 1. The number of halogens is 1. The van der Waals surface area contributed by atoms with Crippen molar-refractivity contribution >= 4 is 16.9 Å². The van der Waals surface area contributed by atoms with E-state index in [9.17, 15) is 9.18 Å². The molecule has 1 heterocycles. The molecule has 0 saturated heterocycles. The number of nitrogens with zero attached hydrogens (tertiary/aromatic N) is 1. The van der Waals surface area contributed by atoms with Crippen molar-refractivity contribution in [2.24, 2.45) is 23.5 Å². The van der Waals surface area contributed by atoms with Gasteiger partial charge in [-0.25, -0.2) is 9.37 Å². The van der Waals surface area contributed by atoms with Crippen LogP contribution in [-0.4, -0.2) is 21.9 Å². The van der Waals surface area contributed by atoms with Gasteiger partial charge in [0.25, 0.3) is 0 Å². The van der Waals surface area contributed by atoms with Gasteiger partial charge < -0.3 is 16.0 Å². The number of nitrogens with two attached hydrogens (primary N) is 1. The van der Waals surface area contributed by atoms with Gasteiger partial charge in [0.05, 0.1) is 23.5 Å². The van der Waals surface area contributed by atoms with E-state index in [2.05, 4.69) is 15.3 Å². The third-order valence-electron chi connectivity index (χ3n) is 5.21. The van der Waals surface area contributed by atoms with Crippen LogP contribution in [0.4, 0.5) is 4.39 Å². The lowest BCUT2D eigenvalue weighted by molar-refractivity contribution is -0.127. The second kappa shape index (κ2) is 5.05. The second-order valence-corrected chi connectivity index (χ2v) is 6.50. The van der Waals surface area contributed by atoms with Crippen LogP contribution in [0.1, 0.15) is 25.1 Å². The molecule has 1 aromatic carbocycles. The summed E-state index contributed by atoms with van der Waals surface area (Å²) >= 11 is 0. The zero-order chi connectivity index (χ0) is 15.3. The Kier molecular flexibility index (Phi) is 3.14. The standard InChI is InChI=1S/C16H19FN4O/c17-10-3-4-11-12(6-10)21-13(20-11)7-19-16(22)14-8-1-2-9(5-8)15(14)18/h3-4,6,8-9,14-15H,1-2,5,7,18H2,(H,19,22)(H,20,21). The lowest BCUT2D eigenvalue weighted by Crippen LogP contribution is -2.45. The molecule has 2 saturated carbocycles. The van der Waals surface area contributed by atoms with Crippen LogP contribution in [0, 0.1) is 23.6 Å². The first-order chi connectivity index (χ1) is 10.6. The Morgan fingerprint density at radius 1 is 1.41 bits per heavy atom. The fourth-order valence-corrected chi connectivity index (χ4v) is 4.13. The van der Waals surface area contributed by atoms with Gasteiger partial charge in [0, 0.05) is 6.04 Å². The van der Waals surface area contributed by atoms with Crippen LogP contribution >= 0.6 is 0 Å². The lowest BCUT2D eigenvalue weighted by atomic mass is 9.84. The topological polar surface area (TPSA) is 83.8 Å². The molecule has 0 aliphatic heterocycles. The highest BCUT2D eigenvalue weighted by atomic mass is 19.1. The number of carbonyl (C=O) groups is 1. The molecular weight excluding hydrogens is 283 g/mol. The summed E-state index contributed by atoms with van der Waals surface area (Å²) in [5, 5.41) is 2.93. The van der Waals surface area contributed by atoms with Gasteiger partial charge in [-0.2, -0.15) is 0 Å². The van der Waals surface area contributed by atoms with Crippen molar-refractivity contribution in [3.05, 3.63) is 29.8 Å². The van der Waals surface area contributed by atoms with E-state index in [0.717, 1.165) is 19.3 Å². The van der Waals surface area contributed by atoms with Gasteiger partial charge in [0.1, 0.15) is 11.6 Å². The summed E-state index contributed by atoms with van der Waals surface area (Å²) in [7, 11) is 0. The van der Waals surface area contributed by atoms with Crippen molar-refractivity contribution in [2.45, 2.75) is 31.8 Å².